The molecule has 1 aromatic carbocycles. The maximum atomic E-state index is 12.1. The summed E-state index contributed by atoms with van der Waals surface area (Å²) in [6.07, 6.45) is -1.89. The van der Waals surface area contributed by atoms with Crippen molar-refractivity contribution in [3.63, 3.8) is 0 Å². The number of fused-ring (bicyclic) bond motifs is 1. The molecule has 23 heavy (non-hydrogen) atoms. The van der Waals surface area contributed by atoms with Crippen LogP contribution in [0.2, 0.25) is 0 Å². The van der Waals surface area contributed by atoms with Crippen molar-refractivity contribution in [1.29, 1.82) is 0 Å². The van der Waals surface area contributed by atoms with Gasteiger partial charge >= 0.3 is 17.9 Å². The Kier molecular flexibility index (Phi) is 3.43. The van der Waals surface area contributed by atoms with Gasteiger partial charge < -0.3 is 15.3 Å². The molecule has 10 heteroatoms. The molecule has 7 nitrogen and oxygen atoms in total. The minimum absolute atomic E-state index is 0.386. The van der Waals surface area contributed by atoms with E-state index in [0.29, 0.717) is 22.2 Å². The third-order valence-corrected chi connectivity index (χ3v) is 3.09. The van der Waals surface area contributed by atoms with E-state index in [9.17, 15) is 22.8 Å². The predicted octanol–water partition coefficient (Wildman–Crippen LogP) is 1.84. The van der Waals surface area contributed by atoms with Crippen molar-refractivity contribution in [3.8, 4) is 11.1 Å². The molecule has 0 aliphatic heterocycles. The number of benzene rings is 1. The van der Waals surface area contributed by atoms with Gasteiger partial charge in [0.15, 0.2) is 0 Å². The van der Waals surface area contributed by atoms with Crippen LogP contribution in [-0.2, 0) is 0 Å². The molecular weight excluding hydrogens is 315 g/mol. The number of nitrogens with one attached hydrogen (secondary N) is 3. The van der Waals surface area contributed by atoms with E-state index in [1.807, 2.05) is 0 Å². The van der Waals surface area contributed by atoms with Crippen molar-refractivity contribution in [1.82, 2.24) is 25.1 Å². The fourth-order valence-electron chi connectivity index (χ4n) is 2.13. The van der Waals surface area contributed by atoms with E-state index in [-0.39, 0.29) is 5.69 Å². The minimum Gasteiger partial charge on any atom is -0.327 e. The molecule has 0 bridgehead atoms. The van der Waals surface area contributed by atoms with Gasteiger partial charge in [-0.1, -0.05) is 12.1 Å². The molecule has 2 heterocycles. The molecule has 3 aromatic rings. The Morgan fingerprint density at radius 1 is 1.30 bits per heavy atom. The molecule has 1 amide bonds. The largest absolute Gasteiger partial charge is 0.405 e. The van der Waals surface area contributed by atoms with Crippen molar-refractivity contribution >= 4 is 17.1 Å². The smallest absolute Gasteiger partial charge is 0.327 e. The average Bonchev–Trinajstić information content (AvgIpc) is 3.08. The second kappa shape index (κ2) is 5.30. The van der Waals surface area contributed by atoms with Gasteiger partial charge in [-0.25, -0.2) is 9.59 Å². The Morgan fingerprint density at radius 3 is 2.83 bits per heavy atom. The second-order valence-corrected chi connectivity index (χ2v) is 4.75. The number of nitrogens with zero attached hydrogens (tertiary/aromatic N) is 2. The number of carbonyl (C=O) groups is 1. The van der Waals surface area contributed by atoms with Crippen molar-refractivity contribution in [3.05, 3.63) is 41.1 Å². The highest BCUT2D eigenvalue weighted by atomic mass is 19.4. The maximum Gasteiger partial charge on any atom is 0.405 e. The number of hydrogen-bond donors (Lipinski definition) is 3. The van der Waals surface area contributed by atoms with Crippen LogP contribution in [0.25, 0.3) is 22.2 Å². The molecule has 3 rings (SSSR count). The summed E-state index contributed by atoms with van der Waals surface area (Å²) < 4.78 is 37.1. The summed E-state index contributed by atoms with van der Waals surface area (Å²) >= 11 is 0. The SMILES string of the molecule is O=C(NCC(F)(F)F)n1cc(-c2cccc3[nH]c(=O)[nH]c23)cn1. The number of H-pyrrole nitrogens is 2. The van der Waals surface area contributed by atoms with Gasteiger partial charge in [0.1, 0.15) is 6.54 Å². The van der Waals surface area contributed by atoms with Gasteiger partial charge in [0.05, 0.1) is 17.2 Å². The van der Waals surface area contributed by atoms with Gasteiger partial charge in [-0.05, 0) is 6.07 Å². The van der Waals surface area contributed by atoms with Crippen molar-refractivity contribution in [2.24, 2.45) is 0 Å². The van der Waals surface area contributed by atoms with Crippen LogP contribution in [0.1, 0.15) is 0 Å². The summed E-state index contributed by atoms with van der Waals surface area (Å²) in [7, 11) is 0. The molecule has 0 saturated heterocycles. The van der Waals surface area contributed by atoms with Gasteiger partial charge in [0.25, 0.3) is 0 Å². The fourth-order valence-corrected chi connectivity index (χ4v) is 2.13. The van der Waals surface area contributed by atoms with E-state index in [1.54, 1.807) is 23.5 Å². The molecular formula is C13H10F3N5O2. The molecule has 0 fully saturated rings. The summed E-state index contributed by atoms with van der Waals surface area (Å²) in [6.45, 7) is -1.44. The quantitative estimate of drug-likeness (QED) is 0.671. The second-order valence-electron chi connectivity index (χ2n) is 4.75. The number of halogens is 3. The zero-order valence-corrected chi connectivity index (χ0v) is 11.4. The summed E-state index contributed by atoms with van der Waals surface area (Å²) in [6, 6.07) is 4.09. The van der Waals surface area contributed by atoms with Crippen molar-refractivity contribution in [2.45, 2.75) is 6.18 Å². The highest BCUT2D eigenvalue weighted by Crippen LogP contribution is 2.25. The Hall–Kier alpha value is -3.04. The van der Waals surface area contributed by atoms with E-state index in [0.717, 1.165) is 4.68 Å². The summed E-state index contributed by atoms with van der Waals surface area (Å²) in [4.78, 5) is 28.2. The van der Waals surface area contributed by atoms with Gasteiger partial charge in [-0.15, -0.1) is 0 Å². The van der Waals surface area contributed by atoms with E-state index in [1.165, 1.54) is 12.4 Å². The highest BCUT2D eigenvalue weighted by molar-refractivity contribution is 5.91. The topological polar surface area (TPSA) is 95.6 Å². The first-order chi connectivity index (χ1) is 10.8. The lowest BCUT2D eigenvalue weighted by molar-refractivity contribution is -0.122. The highest BCUT2D eigenvalue weighted by Gasteiger charge is 2.28. The van der Waals surface area contributed by atoms with Crippen LogP contribution in [0.5, 0.6) is 0 Å². The molecule has 3 N–H and O–H groups in total. The molecule has 0 unspecified atom stereocenters. The molecule has 0 aliphatic carbocycles. The third kappa shape index (κ3) is 3.10. The lowest BCUT2D eigenvalue weighted by Crippen LogP contribution is -2.36. The van der Waals surface area contributed by atoms with Gasteiger partial charge in [0.2, 0.25) is 0 Å². The van der Waals surface area contributed by atoms with Crippen LogP contribution >= 0.6 is 0 Å². The molecule has 0 aliphatic rings. The molecule has 2 aromatic heterocycles. The first-order valence-electron chi connectivity index (χ1n) is 6.44. The van der Waals surface area contributed by atoms with E-state index in [2.05, 4.69) is 15.1 Å². The van der Waals surface area contributed by atoms with Crippen molar-refractivity contribution in [2.75, 3.05) is 6.54 Å². The lowest BCUT2D eigenvalue weighted by Gasteiger charge is -2.07. The number of aromatic amines is 2. The maximum absolute atomic E-state index is 12.1. The Labute approximate surface area is 126 Å². The molecule has 0 spiro atoms. The monoisotopic (exact) mass is 325 g/mol. The summed E-state index contributed by atoms with van der Waals surface area (Å²) in [5, 5.41) is 5.46. The summed E-state index contributed by atoms with van der Waals surface area (Å²) in [5.74, 6) is 0. The predicted molar refractivity (Wildman–Crippen MR) is 75.0 cm³/mol. The number of imidazole rings is 1. The van der Waals surface area contributed by atoms with E-state index < -0.39 is 18.8 Å². The number of rotatable bonds is 2. The van der Waals surface area contributed by atoms with Gasteiger partial charge in [-0.2, -0.15) is 23.0 Å². The molecule has 0 radical (unpaired) electrons. The Bertz CT molecular complexity index is 921. The molecule has 0 saturated carbocycles. The third-order valence-electron chi connectivity index (χ3n) is 3.09. The average molecular weight is 325 g/mol. The van der Waals surface area contributed by atoms with Crippen LogP contribution in [0.3, 0.4) is 0 Å². The zero-order valence-electron chi connectivity index (χ0n) is 11.4. The first-order valence-corrected chi connectivity index (χ1v) is 6.44. The van der Waals surface area contributed by atoms with Crippen LogP contribution in [0, 0.1) is 0 Å². The standard InChI is InChI=1S/C13H10F3N5O2/c14-13(15,16)6-17-12(23)21-5-7(4-18-21)8-2-1-3-9-10(8)20-11(22)19-9/h1-5H,6H2,(H,17,23)(H2,19,20,22). The van der Waals surface area contributed by atoms with Crippen LogP contribution in [0.15, 0.2) is 35.4 Å². The number of amides is 1. The molecule has 0 atom stereocenters. The van der Waals surface area contributed by atoms with Gasteiger partial charge in [0, 0.05) is 17.3 Å². The Morgan fingerprint density at radius 2 is 2.09 bits per heavy atom. The number of carbonyl (C=O) groups excluding carboxylic acids is 1. The zero-order chi connectivity index (χ0) is 16.6. The number of alkyl halides is 3. The van der Waals surface area contributed by atoms with Crippen LogP contribution in [-0.4, -0.2) is 38.5 Å². The number of hydrogen-bond acceptors (Lipinski definition) is 3. The van der Waals surface area contributed by atoms with Crippen LogP contribution < -0.4 is 11.0 Å². The minimum atomic E-state index is -4.50. The number of aromatic nitrogens is 4. The van der Waals surface area contributed by atoms with Gasteiger partial charge in [-0.3, -0.25) is 0 Å². The lowest BCUT2D eigenvalue weighted by atomic mass is 10.1. The van der Waals surface area contributed by atoms with Crippen LogP contribution in [0.4, 0.5) is 18.0 Å². The van der Waals surface area contributed by atoms with E-state index in [4.69, 9.17) is 0 Å². The summed E-state index contributed by atoms with van der Waals surface area (Å²) in [5.41, 5.74) is 1.78. The fraction of sp³-hybridized carbons (Fsp3) is 0.154. The Balaban J connectivity index is 1.89. The normalized spacial score (nSPS) is 11.8. The van der Waals surface area contributed by atoms with Crippen molar-refractivity contribution < 1.29 is 18.0 Å². The number of para-hydroxylation sites is 1. The first kappa shape index (κ1) is 14.9. The van der Waals surface area contributed by atoms with E-state index >= 15 is 0 Å². The molecule has 120 valence electrons.